The Kier molecular flexibility index (Phi) is 4.24. The number of nitrogens with one attached hydrogen (secondary N) is 2. The molecule has 0 aromatic heterocycles. The van der Waals surface area contributed by atoms with Crippen LogP contribution in [0.25, 0.3) is 0 Å². The first-order valence-corrected chi connectivity index (χ1v) is 4.32. The van der Waals surface area contributed by atoms with E-state index in [1.54, 1.807) is 7.05 Å². The highest BCUT2D eigenvalue weighted by Gasteiger charge is 2.14. The van der Waals surface area contributed by atoms with Gasteiger partial charge in [-0.25, -0.2) is 0 Å². The molecule has 72 valence electrons. The summed E-state index contributed by atoms with van der Waals surface area (Å²) in [4.78, 5) is 11.2. The SMILES string of the molecule is CNC(C)C(=O)NCC(C)(C)C. The van der Waals surface area contributed by atoms with Gasteiger partial charge in [0.05, 0.1) is 6.04 Å². The average molecular weight is 172 g/mol. The number of rotatable bonds is 3. The predicted octanol–water partition coefficient (Wildman–Crippen LogP) is 0.757. The number of hydrogen-bond donors (Lipinski definition) is 2. The van der Waals surface area contributed by atoms with E-state index in [1.807, 2.05) is 6.92 Å². The zero-order chi connectivity index (χ0) is 9.78. The average Bonchev–Trinajstić information content (AvgIpc) is 1.97. The number of hydrogen-bond acceptors (Lipinski definition) is 2. The Morgan fingerprint density at radius 3 is 2.25 bits per heavy atom. The smallest absolute Gasteiger partial charge is 0.236 e. The third kappa shape index (κ3) is 5.13. The Hall–Kier alpha value is -0.570. The zero-order valence-corrected chi connectivity index (χ0v) is 8.69. The Labute approximate surface area is 74.9 Å². The van der Waals surface area contributed by atoms with Gasteiger partial charge >= 0.3 is 0 Å². The molecule has 3 heteroatoms. The summed E-state index contributed by atoms with van der Waals surface area (Å²) in [6.45, 7) is 8.85. The molecular formula is C9H20N2O. The van der Waals surface area contributed by atoms with Gasteiger partial charge in [-0.05, 0) is 19.4 Å². The highest BCUT2D eigenvalue weighted by Crippen LogP contribution is 2.09. The van der Waals surface area contributed by atoms with E-state index >= 15 is 0 Å². The zero-order valence-electron chi connectivity index (χ0n) is 8.69. The van der Waals surface area contributed by atoms with E-state index in [-0.39, 0.29) is 17.4 Å². The van der Waals surface area contributed by atoms with Crippen molar-refractivity contribution in [2.45, 2.75) is 33.7 Å². The fourth-order valence-corrected chi connectivity index (χ4v) is 0.636. The highest BCUT2D eigenvalue weighted by molar-refractivity contribution is 5.81. The lowest BCUT2D eigenvalue weighted by atomic mass is 9.97. The minimum Gasteiger partial charge on any atom is -0.354 e. The normalized spacial score (nSPS) is 14.1. The second kappa shape index (κ2) is 4.45. The summed E-state index contributed by atoms with van der Waals surface area (Å²) in [6, 6.07) is -0.104. The third-order valence-corrected chi connectivity index (χ3v) is 1.62. The molecule has 0 aliphatic rings. The van der Waals surface area contributed by atoms with Crippen LogP contribution in [0.1, 0.15) is 27.7 Å². The van der Waals surface area contributed by atoms with E-state index in [2.05, 4.69) is 31.4 Å². The van der Waals surface area contributed by atoms with Crippen molar-refractivity contribution in [2.75, 3.05) is 13.6 Å². The van der Waals surface area contributed by atoms with Crippen LogP contribution >= 0.6 is 0 Å². The third-order valence-electron chi connectivity index (χ3n) is 1.62. The van der Waals surface area contributed by atoms with Crippen LogP contribution in [0.4, 0.5) is 0 Å². The number of carbonyl (C=O) groups is 1. The molecule has 0 saturated heterocycles. The monoisotopic (exact) mass is 172 g/mol. The van der Waals surface area contributed by atoms with E-state index in [9.17, 15) is 4.79 Å². The van der Waals surface area contributed by atoms with Gasteiger partial charge in [0.1, 0.15) is 0 Å². The second-order valence-electron chi connectivity index (χ2n) is 4.29. The van der Waals surface area contributed by atoms with Crippen molar-refractivity contribution < 1.29 is 4.79 Å². The van der Waals surface area contributed by atoms with Gasteiger partial charge in [0.25, 0.3) is 0 Å². The van der Waals surface area contributed by atoms with Gasteiger partial charge in [0.2, 0.25) is 5.91 Å². The summed E-state index contributed by atoms with van der Waals surface area (Å²) in [5, 5.41) is 5.76. The predicted molar refractivity (Wildman–Crippen MR) is 51.0 cm³/mol. The molecule has 0 rings (SSSR count). The molecule has 0 aromatic carbocycles. The van der Waals surface area contributed by atoms with Crippen molar-refractivity contribution >= 4 is 5.91 Å². The molecule has 12 heavy (non-hydrogen) atoms. The van der Waals surface area contributed by atoms with E-state index < -0.39 is 0 Å². The molecule has 0 bridgehead atoms. The summed E-state index contributed by atoms with van der Waals surface area (Å²) in [5.74, 6) is 0.0624. The van der Waals surface area contributed by atoms with Gasteiger partial charge in [-0.1, -0.05) is 20.8 Å². The van der Waals surface area contributed by atoms with Crippen molar-refractivity contribution in [2.24, 2.45) is 5.41 Å². The minimum atomic E-state index is -0.104. The lowest BCUT2D eigenvalue weighted by Gasteiger charge is -2.20. The molecular weight excluding hydrogens is 152 g/mol. The molecule has 0 saturated carbocycles. The van der Waals surface area contributed by atoms with Crippen LogP contribution in [0, 0.1) is 5.41 Å². The van der Waals surface area contributed by atoms with Gasteiger partial charge in [0.15, 0.2) is 0 Å². The van der Waals surface area contributed by atoms with Gasteiger partial charge < -0.3 is 10.6 Å². The van der Waals surface area contributed by atoms with Crippen molar-refractivity contribution in [1.82, 2.24) is 10.6 Å². The van der Waals surface area contributed by atoms with Crippen molar-refractivity contribution in [1.29, 1.82) is 0 Å². The van der Waals surface area contributed by atoms with Crippen molar-refractivity contribution in [3.05, 3.63) is 0 Å². The number of carbonyl (C=O) groups excluding carboxylic acids is 1. The van der Waals surface area contributed by atoms with Crippen molar-refractivity contribution in [3.8, 4) is 0 Å². The van der Waals surface area contributed by atoms with E-state index in [0.717, 1.165) is 6.54 Å². The standard InChI is InChI=1S/C9H20N2O/c1-7(10-5)8(12)11-6-9(2,3)4/h7,10H,6H2,1-5H3,(H,11,12). The quantitative estimate of drug-likeness (QED) is 0.660. The molecule has 0 radical (unpaired) electrons. The summed E-state index contributed by atoms with van der Waals surface area (Å²) in [6.07, 6.45) is 0. The maximum absolute atomic E-state index is 11.2. The topological polar surface area (TPSA) is 41.1 Å². The molecule has 1 atom stereocenters. The molecule has 0 heterocycles. The molecule has 1 unspecified atom stereocenters. The van der Waals surface area contributed by atoms with Gasteiger partial charge in [-0.15, -0.1) is 0 Å². The molecule has 0 aromatic rings. The van der Waals surface area contributed by atoms with E-state index in [0.29, 0.717) is 0 Å². The summed E-state index contributed by atoms with van der Waals surface area (Å²) in [5.41, 5.74) is 0.156. The fraction of sp³-hybridized carbons (Fsp3) is 0.889. The fourth-order valence-electron chi connectivity index (χ4n) is 0.636. The van der Waals surface area contributed by atoms with Crippen LogP contribution in [-0.2, 0) is 4.79 Å². The Balaban J connectivity index is 3.72. The van der Waals surface area contributed by atoms with Gasteiger partial charge in [-0.2, -0.15) is 0 Å². The van der Waals surface area contributed by atoms with Crippen LogP contribution in [0.5, 0.6) is 0 Å². The second-order valence-corrected chi connectivity index (χ2v) is 4.29. The molecule has 0 aliphatic heterocycles. The van der Waals surface area contributed by atoms with Crippen LogP contribution in [-0.4, -0.2) is 25.5 Å². The minimum absolute atomic E-state index is 0.0624. The maximum Gasteiger partial charge on any atom is 0.236 e. The highest BCUT2D eigenvalue weighted by atomic mass is 16.2. The number of amides is 1. The summed E-state index contributed by atoms with van der Waals surface area (Å²) in [7, 11) is 1.78. The Bertz CT molecular complexity index is 149. The molecule has 2 N–H and O–H groups in total. The van der Waals surface area contributed by atoms with Crippen LogP contribution in [0.2, 0.25) is 0 Å². The summed E-state index contributed by atoms with van der Waals surface area (Å²) < 4.78 is 0. The van der Waals surface area contributed by atoms with Gasteiger partial charge in [0, 0.05) is 6.54 Å². The molecule has 1 amide bonds. The van der Waals surface area contributed by atoms with Crippen LogP contribution in [0.15, 0.2) is 0 Å². The molecule has 0 fully saturated rings. The lowest BCUT2D eigenvalue weighted by molar-refractivity contribution is -0.123. The number of likely N-dealkylation sites (N-methyl/N-ethyl adjacent to an activating group) is 1. The van der Waals surface area contributed by atoms with Gasteiger partial charge in [-0.3, -0.25) is 4.79 Å². The largest absolute Gasteiger partial charge is 0.354 e. The lowest BCUT2D eigenvalue weighted by Crippen LogP contribution is -2.43. The van der Waals surface area contributed by atoms with E-state index in [1.165, 1.54) is 0 Å². The maximum atomic E-state index is 11.2. The Morgan fingerprint density at radius 2 is 1.92 bits per heavy atom. The first-order chi connectivity index (χ1) is 5.37. The molecule has 3 nitrogen and oxygen atoms in total. The van der Waals surface area contributed by atoms with Crippen LogP contribution < -0.4 is 10.6 Å². The molecule has 0 aliphatic carbocycles. The van der Waals surface area contributed by atoms with E-state index in [4.69, 9.17) is 0 Å². The van der Waals surface area contributed by atoms with Crippen LogP contribution in [0.3, 0.4) is 0 Å². The molecule has 0 spiro atoms. The first kappa shape index (κ1) is 11.4. The van der Waals surface area contributed by atoms with Crippen molar-refractivity contribution in [3.63, 3.8) is 0 Å². The first-order valence-electron chi connectivity index (χ1n) is 4.32. The summed E-state index contributed by atoms with van der Waals surface area (Å²) >= 11 is 0. The Morgan fingerprint density at radius 1 is 1.42 bits per heavy atom.